The lowest BCUT2D eigenvalue weighted by Gasteiger charge is -2.22. The monoisotopic (exact) mass is 398 g/mol. The van der Waals surface area contributed by atoms with E-state index in [0.717, 1.165) is 23.2 Å². The number of fused-ring (bicyclic) bond motifs is 1. The van der Waals surface area contributed by atoms with Crippen molar-refractivity contribution in [3.63, 3.8) is 0 Å². The number of nitriles is 1. The van der Waals surface area contributed by atoms with E-state index in [0.29, 0.717) is 27.2 Å². The molecule has 138 valence electrons. The smallest absolute Gasteiger partial charge is 0.207 e. The van der Waals surface area contributed by atoms with Crippen molar-refractivity contribution < 1.29 is 4.79 Å². The Hall–Kier alpha value is -2.23. The van der Waals surface area contributed by atoms with Crippen LogP contribution in [-0.2, 0) is 5.54 Å². The summed E-state index contributed by atoms with van der Waals surface area (Å²) in [6, 6.07) is 9.37. The summed E-state index contributed by atoms with van der Waals surface area (Å²) in [6.07, 6.45) is 2.24. The van der Waals surface area contributed by atoms with Gasteiger partial charge in [-0.05, 0) is 57.9 Å². The van der Waals surface area contributed by atoms with Gasteiger partial charge in [0.15, 0.2) is 5.92 Å². The maximum atomic E-state index is 13.1. The number of rotatable bonds is 4. The maximum absolute atomic E-state index is 13.1. The number of carbonyl (C=O) groups excluding carboxylic acids is 1. The Morgan fingerprint density at radius 1 is 1.37 bits per heavy atom. The summed E-state index contributed by atoms with van der Waals surface area (Å²) >= 11 is 7.37. The Kier molecular flexibility index (Phi) is 4.32. The molecule has 3 aromatic rings. The van der Waals surface area contributed by atoms with Gasteiger partial charge in [0.2, 0.25) is 5.78 Å². The number of benzene rings is 1. The van der Waals surface area contributed by atoms with Crippen LogP contribution in [0.2, 0.25) is 5.02 Å². The normalized spacial score (nSPS) is 15.7. The molecule has 0 bridgehead atoms. The molecule has 4 rings (SSSR count). The lowest BCUT2D eigenvalue weighted by atomic mass is 10.0. The first kappa shape index (κ1) is 18.1. The maximum Gasteiger partial charge on any atom is 0.207 e. The molecule has 0 spiro atoms. The standard InChI is InChI=1S/C20H19ClN4OS/c1-20(2,3)25-16(11-4-5-11)9-15(24-25)18(26)13(10-22)19-23-14-8-12(21)6-7-17(14)27-19/h6-9,11,13H,4-5H2,1-3H3/t13-/m0/s1. The highest BCUT2D eigenvalue weighted by atomic mass is 35.5. The third-order valence-electron chi connectivity index (χ3n) is 4.62. The molecular formula is C20H19ClN4OS. The van der Waals surface area contributed by atoms with Gasteiger partial charge in [0, 0.05) is 16.6 Å². The third kappa shape index (κ3) is 3.38. The first-order chi connectivity index (χ1) is 12.8. The van der Waals surface area contributed by atoms with Gasteiger partial charge >= 0.3 is 0 Å². The molecule has 0 radical (unpaired) electrons. The highest BCUT2D eigenvalue weighted by molar-refractivity contribution is 7.18. The molecule has 1 saturated carbocycles. The minimum absolute atomic E-state index is 0.217. The molecule has 1 aliphatic carbocycles. The number of ketones is 1. The Bertz CT molecular complexity index is 1080. The van der Waals surface area contributed by atoms with Gasteiger partial charge < -0.3 is 0 Å². The second-order valence-corrected chi connectivity index (χ2v) is 9.40. The van der Waals surface area contributed by atoms with Crippen molar-refractivity contribution in [1.82, 2.24) is 14.8 Å². The predicted molar refractivity (Wildman–Crippen MR) is 107 cm³/mol. The van der Waals surface area contributed by atoms with Gasteiger partial charge in [-0.3, -0.25) is 9.48 Å². The van der Waals surface area contributed by atoms with Crippen LogP contribution in [0.4, 0.5) is 0 Å². The second-order valence-electron chi connectivity index (χ2n) is 7.90. The summed E-state index contributed by atoms with van der Waals surface area (Å²) < 4.78 is 2.84. The fraction of sp³-hybridized carbons (Fsp3) is 0.400. The lowest BCUT2D eigenvalue weighted by Crippen LogP contribution is -2.25. The van der Waals surface area contributed by atoms with Crippen LogP contribution in [-0.4, -0.2) is 20.5 Å². The first-order valence-electron chi connectivity index (χ1n) is 8.88. The molecule has 0 unspecified atom stereocenters. The highest BCUT2D eigenvalue weighted by Crippen LogP contribution is 2.42. The average Bonchev–Trinajstić information content (AvgIpc) is 3.20. The summed E-state index contributed by atoms with van der Waals surface area (Å²) in [5, 5.41) is 15.3. The Morgan fingerprint density at radius 3 is 2.74 bits per heavy atom. The van der Waals surface area contributed by atoms with Crippen LogP contribution < -0.4 is 0 Å². The molecule has 5 nitrogen and oxygen atoms in total. The van der Waals surface area contributed by atoms with E-state index >= 15 is 0 Å². The Balaban J connectivity index is 1.72. The van der Waals surface area contributed by atoms with Gasteiger partial charge in [-0.25, -0.2) is 4.98 Å². The molecular weight excluding hydrogens is 380 g/mol. The zero-order valence-corrected chi connectivity index (χ0v) is 16.9. The molecule has 1 aromatic carbocycles. The molecule has 27 heavy (non-hydrogen) atoms. The van der Waals surface area contributed by atoms with Gasteiger partial charge in [-0.1, -0.05) is 11.6 Å². The van der Waals surface area contributed by atoms with Gasteiger partial charge in [-0.15, -0.1) is 11.3 Å². The van der Waals surface area contributed by atoms with E-state index < -0.39 is 5.92 Å². The van der Waals surface area contributed by atoms with Crippen LogP contribution in [0.25, 0.3) is 10.2 Å². The minimum atomic E-state index is -0.962. The molecule has 7 heteroatoms. The Morgan fingerprint density at radius 2 is 2.11 bits per heavy atom. The molecule has 0 amide bonds. The number of thiazole rings is 1. The lowest BCUT2D eigenvalue weighted by molar-refractivity contribution is 0.0972. The molecule has 1 atom stereocenters. The van der Waals surface area contributed by atoms with Crippen LogP contribution in [0.15, 0.2) is 24.3 Å². The largest absolute Gasteiger partial charge is 0.290 e. The van der Waals surface area contributed by atoms with E-state index in [2.05, 4.69) is 36.9 Å². The molecule has 2 heterocycles. The van der Waals surface area contributed by atoms with E-state index in [-0.39, 0.29) is 11.3 Å². The SMILES string of the molecule is CC(C)(C)n1nc(C(=O)[C@H](C#N)c2nc3cc(Cl)ccc3s2)cc1C1CC1. The number of carbonyl (C=O) groups is 1. The van der Waals surface area contributed by atoms with E-state index in [1.165, 1.54) is 11.3 Å². The van der Waals surface area contributed by atoms with Crippen molar-refractivity contribution >= 4 is 38.9 Å². The summed E-state index contributed by atoms with van der Waals surface area (Å²) in [5.41, 5.74) is 1.91. The number of hydrogen-bond acceptors (Lipinski definition) is 5. The zero-order valence-electron chi connectivity index (χ0n) is 15.4. The summed E-state index contributed by atoms with van der Waals surface area (Å²) in [7, 11) is 0. The van der Waals surface area contributed by atoms with Crippen LogP contribution in [0.3, 0.4) is 0 Å². The van der Waals surface area contributed by atoms with E-state index in [4.69, 9.17) is 11.6 Å². The number of aromatic nitrogens is 3. The van der Waals surface area contributed by atoms with Gasteiger partial charge in [0.1, 0.15) is 10.7 Å². The fourth-order valence-corrected chi connectivity index (χ4v) is 4.30. The molecule has 1 aliphatic rings. The van der Waals surface area contributed by atoms with Crippen LogP contribution in [0.1, 0.15) is 66.6 Å². The summed E-state index contributed by atoms with van der Waals surface area (Å²) in [5.74, 6) is -0.799. The van der Waals surface area contributed by atoms with Crippen molar-refractivity contribution in [3.05, 3.63) is 45.7 Å². The zero-order chi connectivity index (χ0) is 19.3. The molecule has 2 aromatic heterocycles. The van der Waals surface area contributed by atoms with E-state index in [1.54, 1.807) is 12.1 Å². The number of nitrogens with zero attached hydrogens (tertiary/aromatic N) is 4. The topological polar surface area (TPSA) is 71.6 Å². The highest BCUT2D eigenvalue weighted by Gasteiger charge is 2.34. The molecule has 0 saturated heterocycles. The van der Waals surface area contributed by atoms with Crippen LogP contribution in [0, 0.1) is 11.3 Å². The second kappa shape index (κ2) is 6.43. The van der Waals surface area contributed by atoms with E-state index in [1.807, 2.05) is 16.8 Å². The summed E-state index contributed by atoms with van der Waals surface area (Å²) in [6.45, 7) is 6.21. The average molecular weight is 399 g/mol. The number of halogens is 1. The quantitative estimate of drug-likeness (QED) is 0.561. The summed E-state index contributed by atoms with van der Waals surface area (Å²) in [4.78, 5) is 17.6. The molecule has 1 fully saturated rings. The van der Waals surface area contributed by atoms with Gasteiger partial charge in [0.25, 0.3) is 0 Å². The van der Waals surface area contributed by atoms with Crippen molar-refractivity contribution in [2.75, 3.05) is 0 Å². The molecule has 0 aliphatic heterocycles. The van der Waals surface area contributed by atoms with Crippen LogP contribution >= 0.6 is 22.9 Å². The molecule has 0 N–H and O–H groups in total. The Labute approximate surface area is 166 Å². The minimum Gasteiger partial charge on any atom is -0.290 e. The van der Waals surface area contributed by atoms with Gasteiger partial charge in [-0.2, -0.15) is 10.4 Å². The van der Waals surface area contributed by atoms with E-state index in [9.17, 15) is 10.1 Å². The van der Waals surface area contributed by atoms with Crippen molar-refractivity contribution in [3.8, 4) is 6.07 Å². The van der Waals surface area contributed by atoms with Crippen molar-refractivity contribution in [1.29, 1.82) is 5.26 Å². The predicted octanol–water partition coefficient (Wildman–Crippen LogP) is 5.27. The van der Waals surface area contributed by atoms with Crippen molar-refractivity contribution in [2.24, 2.45) is 0 Å². The number of Topliss-reactive ketones (excluding diaryl/α,β-unsaturated/α-hetero) is 1. The van der Waals surface area contributed by atoms with Gasteiger partial charge in [0.05, 0.1) is 21.8 Å². The third-order valence-corrected chi connectivity index (χ3v) is 5.96. The van der Waals surface area contributed by atoms with Crippen LogP contribution in [0.5, 0.6) is 0 Å². The fourth-order valence-electron chi connectivity index (χ4n) is 3.14. The first-order valence-corrected chi connectivity index (χ1v) is 10.1. The van der Waals surface area contributed by atoms with Crippen molar-refractivity contribution in [2.45, 2.75) is 51.0 Å². The number of hydrogen-bond donors (Lipinski definition) is 0.